The van der Waals surface area contributed by atoms with Crippen molar-refractivity contribution < 1.29 is 13.9 Å². The number of esters is 1. The number of thioether (sulfide) groups is 1. The maximum absolute atomic E-state index is 14.3. The molecule has 0 spiro atoms. The summed E-state index contributed by atoms with van der Waals surface area (Å²) in [6.45, 7) is 0.110. The number of rotatable bonds is 3. The molecule has 0 saturated carbocycles. The molecule has 0 amide bonds. The summed E-state index contributed by atoms with van der Waals surface area (Å²) in [5, 5.41) is 0. The molecular weight excluding hydrogens is 287 g/mol. The van der Waals surface area contributed by atoms with Crippen LogP contribution in [0.1, 0.15) is 11.1 Å². The van der Waals surface area contributed by atoms with E-state index in [1.807, 2.05) is 42.7 Å². The fraction of sp³-hybridized carbons (Fsp3) is 0.118. The number of cyclic esters (lactones) is 1. The summed E-state index contributed by atoms with van der Waals surface area (Å²) in [6.07, 6.45) is 1.89. The van der Waals surface area contributed by atoms with Crippen LogP contribution in [0.15, 0.2) is 53.4 Å². The Morgan fingerprint density at radius 3 is 2.57 bits per heavy atom. The molecule has 0 atom stereocenters. The standard InChI is InChI=1S/C17H13FO2S/c1-21-12-7-8-13(15(18)9-12)14-10-20-17(19)16(14)11-5-3-2-4-6-11/h2-9H,10H2,1H3. The summed E-state index contributed by atoms with van der Waals surface area (Å²) in [7, 11) is 0. The average molecular weight is 300 g/mol. The number of benzene rings is 2. The maximum atomic E-state index is 14.3. The third-order valence-corrected chi connectivity index (χ3v) is 4.14. The lowest BCUT2D eigenvalue weighted by molar-refractivity contribution is -0.133. The molecule has 0 aliphatic carbocycles. The van der Waals surface area contributed by atoms with Crippen LogP contribution in [0.4, 0.5) is 4.39 Å². The molecule has 1 aliphatic heterocycles. The van der Waals surface area contributed by atoms with E-state index in [-0.39, 0.29) is 12.4 Å². The summed E-state index contributed by atoms with van der Waals surface area (Å²) >= 11 is 1.48. The third-order valence-electron chi connectivity index (χ3n) is 3.42. The predicted molar refractivity (Wildman–Crippen MR) is 82.4 cm³/mol. The molecule has 0 bridgehead atoms. The minimum Gasteiger partial charge on any atom is -0.457 e. The van der Waals surface area contributed by atoms with E-state index in [0.29, 0.717) is 16.7 Å². The van der Waals surface area contributed by atoms with Crippen molar-refractivity contribution in [1.82, 2.24) is 0 Å². The van der Waals surface area contributed by atoms with Gasteiger partial charge in [-0.1, -0.05) is 36.4 Å². The first kappa shape index (κ1) is 13.9. The van der Waals surface area contributed by atoms with Gasteiger partial charge in [0.15, 0.2) is 0 Å². The summed E-state index contributed by atoms with van der Waals surface area (Å²) in [6, 6.07) is 14.3. The van der Waals surface area contributed by atoms with Crippen LogP contribution in [0.25, 0.3) is 11.1 Å². The van der Waals surface area contributed by atoms with Crippen molar-refractivity contribution in [1.29, 1.82) is 0 Å². The summed E-state index contributed by atoms with van der Waals surface area (Å²) in [5.74, 6) is -0.729. The molecule has 106 valence electrons. The average Bonchev–Trinajstić information content (AvgIpc) is 2.89. The summed E-state index contributed by atoms with van der Waals surface area (Å²) in [4.78, 5) is 12.8. The zero-order valence-electron chi connectivity index (χ0n) is 11.4. The van der Waals surface area contributed by atoms with Crippen molar-refractivity contribution in [3.63, 3.8) is 0 Å². The first-order valence-electron chi connectivity index (χ1n) is 6.50. The Morgan fingerprint density at radius 1 is 1.14 bits per heavy atom. The monoisotopic (exact) mass is 300 g/mol. The highest BCUT2D eigenvalue weighted by atomic mass is 32.2. The van der Waals surface area contributed by atoms with E-state index in [0.717, 1.165) is 10.5 Å². The molecule has 3 rings (SSSR count). The minimum absolute atomic E-state index is 0.110. The zero-order chi connectivity index (χ0) is 14.8. The van der Waals surface area contributed by atoms with Gasteiger partial charge in [0.1, 0.15) is 12.4 Å². The van der Waals surface area contributed by atoms with Gasteiger partial charge >= 0.3 is 5.97 Å². The molecule has 1 heterocycles. The highest BCUT2D eigenvalue weighted by molar-refractivity contribution is 7.98. The van der Waals surface area contributed by atoms with Crippen LogP contribution < -0.4 is 0 Å². The Kier molecular flexibility index (Phi) is 3.80. The number of carbonyl (C=O) groups excluding carboxylic acids is 1. The number of hydrogen-bond donors (Lipinski definition) is 0. The van der Waals surface area contributed by atoms with Crippen LogP contribution in [0.5, 0.6) is 0 Å². The second kappa shape index (κ2) is 5.74. The van der Waals surface area contributed by atoms with E-state index in [4.69, 9.17) is 4.74 Å². The SMILES string of the molecule is CSc1ccc(C2=C(c3ccccc3)C(=O)OC2)c(F)c1. The van der Waals surface area contributed by atoms with E-state index in [1.54, 1.807) is 6.07 Å². The highest BCUT2D eigenvalue weighted by Crippen LogP contribution is 2.34. The van der Waals surface area contributed by atoms with Crippen molar-refractivity contribution in [3.05, 3.63) is 65.5 Å². The zero-order valence-corrected chi connectivity index (χ0v) is 12.2. The quantitative estimate of drug-likeness (QED) is 0.633. The van der Waals surface area contributed by atoms with Gasteiger partial charge in [-0.2, -0.15) is 0 Å². The fourth-order valence-corrected chi connectivity index (χ4v) is 2.81. The van der Waals surface area contributed by atoms with Gasteiger partial charge in [0.2, 0.25) is 0 Å². The normalized spacial score (nSPS) is 14.5. The fourth-order valence-electron chi connectivity index (χ4n) is 2.38. The van der Waals surface area contributed by atoms with E-state index in [1.165, 1.54) is 17.8 Å². The van der Waals surface area contributed by atoms with E-state index < -0.39 is 5.97 Å². The molecule has 0 aromatic heterocycles. The Balaban J connectivity index is 2.15. The smallest absolute Gasteiger partial charge is 0.339 e. The number of hydrogen-bond acceptors (Lipinski definition) is 3. The van der Waals surface area contributed by atoms with Gasteiger partial charge in [-0.15, -0.1) is 11.8 Å². The van der Waals surface area contributed by atoms with Gasteiger partial charge in [0, 0.05) is 16.0 Å². The topological polar surface area (TPSA) is 26.3 Å². The second-order valence-electron chi connectivity index (χ2n) is 4.64. The lowest BCUT2D eigenvalue weighted by Crippen LogP contribution is -1.98. The molecular formula is C17H13FO2S. The summed E-state index contributed by atoms with van der Waals surface area (Å²) in [5.41, 5.74) is 2.24. The molecule has 21 heavy (non-hydrogen) atoms. The maximum Gasteiger partial charge on any atom is 0.339 e. The van der Waals surface area contributed by atoms with Crippen LogP contribution in [0, 0.1) is 5.82 Å². The van der Waals surface area contributed by atoms with Crippen LogP contribution in [0.2, 0.25) is 0 Å². The highest BCUT2D eigenvalue weighted by Gasteiger charge is 2.28. The molecule has 0 radical (unpaired) electrons. The Hall–Kier alpha value is -2.07. The van der Waals surface area contributed by atoms with Crippen molar-refractivity contribution in [3.8, 4) is 0 Å². The molecule has 4 heteroatoms. The largest absolute Gasteiger partial charge is 0.457 e. The predicted octanol–water partition coefficient (Wildman–Crippen LogP) is 4.02. The van der Waals surface area contributed by atoms with Gasteiger partial charge in [-0.3, -0.25) is 0 Å². The Labute approximate surface area is 126 Å². The summed E-state index contributed by atoms with van der Waals surface area (Å²) < 4.78 is 19.4. The van der Waals surface area contributed by atoms with Gasteiger partial charge < -0.3 is 4.74 Å². The van der Waals surface area contributed by atoms with Crippen molar-refractivity contribution >= 4 is 28.9 Å². The molecule has 0 N–H and O–H groups in total. The number of ether oxygens (including phenoxy) is 1. The van der Waals surface area contributed by atoms with Crippen LogP contribution in [-0.4, -0.2) is 18.8 Å². The number of halogens is 1. The van der Waals surface area contributed by atoms with E-state index in [9.17, 15) is 9.18 Å². The lowest BCUT2D eigenvalue weighted by Gasteiger charge is -2.07. The van der Waals surface area contributed by atoms with Gasteiger partial charge in [0.05, 0.1) is 5.57 Å². The molecule has 2 nitrogen and oxygen atoms in total. The van der Waals surface area contributed by atoms with Gasteiger partial charge in [-0.25, -0.2) is 9.18 Å². The lowest BCUT2D eigenvalue weighted by atomic mass is 9.96. The van der Waals surface area contributed by atoms with Crippen molar-refractivity contribution in [2.45, 2.75) is 4.90 Å². The number of carbonyl (C=O) groups is 1. The first-order valence-corrected chi connectivity index (χ1v) is 7.73. The van der Waals surface area contributed by atoms with Gasteiger partial charge in [-0.05, 0) is 24.0 Å². The van der Waals surface area contributed by atoms with Crippen LogP contribution in [-0.2, 0) is 9.53 Å². The van der Waals surface area contributed by atoms with E-state index in [2.05, 4.69) is 0 Å². The molecule has 2 aromatic rings. The molecule has 0 unspecified atom stereocenters. The molecule has 0 saturated heterocycles. The molecule has 0 fully saturated rings. The molecule has 2 aromatic carbocycles. The Bertz CT molecular complexity index is 723. The minimum atomic E-state index is -0.399. The Morgan fingerprint density at radius 2 is 1.90 bits per heavy atom. The van der Waals surface area contributed by atoms with Crippen LogP contribution in [0.3, 0.4) is 0 Å². The first-order chi connectivity index (χ1) is 10.2. The molecule has 1 aliphatic rings. The third kappa shape index (κ3) is 2.59. The van der Waals surface area contributed by atoms with E-state index >= 15 is 0 Å². The van der Waals surface area contributed by atoms with Gasteiger partial charge in [0.25, 0.3) is 0 Å². The van der Waals surface area contributed by atoms with Crippen LogP contribution >= 0.6 is 11.8 Å². The van der Waals surface area contributed by atoms with Crippen molar-refractivity contribution in [2.75, 3.05) is 12.9 Å². The second-order valence-corrected chi connectivity index (χ2v) is 5.52. The van der Waals surface area contributed by atoms with Crippen molar-refractivity contribution in [2.24, 2.45) is 0 Å².